The van der Waals surface area contributed by atoms with Crippen LogP contribution in [0.25, 0.3) is 10.9 Å². The molecule has 1 aliphatic carbocycles. The van der Waals surface area contributed by atoms with E-state index in [1.807, 2.05) is 0 Å². The number of halogens is 3. The van der Waals surface area contributed by atoms with E-state index in [0.717, 1.165) is 10.9 Å². The lowest BCUT2D eigenvalue weighted by Gasteiger charge is -2.20. The molecule has 100 valence electrons. The van der Waals surface area contributed by atoms with Gasteiger partial charge in [0.1, 0.15) is 11.2 Å². The first kappa shape index (κ1) is 12.1. The molecule has 19 heavy (non-hydrogen) atoms. The molecule has 2 aromatic rings. The molecule has 0 aliphatic heterocycles. The molecule has 1 aromatic carbocycles. The first-order valence-electron chi connectivity index (χ1n) is 5.88. The molecule has 1 amide bonds. The van der Waals surface area contributed by atoms with E-state index in [4.69, 9.17) is 0 Å². The fourth-order valence-electron chi connectivity index (χ4n) is 2.08. The Morgan fingerprint density at radius 3 is 2.53 bits per heavy atom. The summed E-state index contributed by atoms with van der Waals surface area (Å²) in [4.78, 5) is 14.7. The average Bonchev–Trinajstić information content (AvgIpc) is 3.00. The molecule has 1 fully saturated rings. The highest BCUT2D eigenvalue weighted by molar-refractivity contribution is 5.98. The fraction of sp³-hybridized carbons (Fsp3) is 0.308. The van der Waals surface area contributed by atoms with Crippen LogP contribution in [0.3, 0.4) is 0 Å². The number of nitrogens with one attached hydrogen (secondary N) is 2. The molecule has 0 spiro atoms. The van der Waals surface area contributed by atoms with Gasteiger partial charge in [0, 0.05) is 10.9 Å². The van der Waals surface area contributed by atoms with Crippen molar-refractivity contribution in [2.24, 2.45) is 0 Å². The second-order valence-corrected chi connectivity index (χ2v) is 4.80. The van der Waals surface area contributed by atoms with Crippen LogP contribution in [0.1, 0.15) is 23.3 Å². The average molecular weight is 268 g/mol. The second kappa shape index (κ2) is 3.76. The molecule has 1 heterocycles. The van der Waals surface area contributed by atoms with Crippen LogP contribution in [0, 0.1) is 0 Å². The number of hydrogen-bond donors (Lipinski definition) is 2. The summed E-state index contributed by atoms with van der Waals surface area (Å²) in [7, 11) is 0. The van der Waals surface area contributed by atoms with Gasteiger partial charge in [0.05, 0.1) is 0 Å². The van der Waals surface area contributed by atoms with Crippen LogP contribution in [-0.2, 0) is 0 Å². The van der Waals surface area contributed by atoms with E-state index in [1.54, 1.807) is 30.3 Å². The molecule has 0 radical (unpaired) electrons. The van der Waals surface area contributed by atoms with Crippen molar-refractivity contribution in [2.75, 3.05) is 0 Å². The zero-order valence-corrected chi connectivity index (χ0v) is 9.84. The van der Waals surface area contributed by atoms with Gasteiger partial charge in [-0.25, -0.2) is 0 Å². The highest BCUT2D eigenvalue weighted by Crippen LogP contribution is 2.49. The lowest BCUT2D eigenvalue weighted by atomic mass is 10.2. The van der Waals surface area contributed by atoms with Crippen molar-refractivity contribution in [1.82, 2.24) is 10.3 Å². The largest absolute Gasteiger partial charge is 0.411 e. The van der Waals surface area contributed by atoms with Gasteiger partial charge in [-0.2, -0.15) is 13.2 Å². The number of carbonyl (C=O) groups excluding carboxylic acids is 1. The maximum Gasteiger partial charge on any atom is 0.411 e. The molecule has 3 rings (SSSR count). The molecule has 1 saturated carbocycles. The Balaban J connectivity index is 1.85. The van der Waals surface area contributed by atoms with Crippen molar-refractivity contribution in [3.8, 4) is 0 Å². The fourth-order valence-corrected chi connectivity index (χ4v) is 2.08. The highest BCUT2D eigenvalue weighted by atomic mass is 19.4. The van der Waals surface area contributed by atoms with Gasteiger partial charge in [0.25, 0.3) is 5.91 Å². The molecule has 0 atom stereocenters. The first-order chi connectivity index (χ1) is 8.91. The van der Waals surface area contributed by atoms with Crippen LogP contribution in [0.15, 0.2) is 30.3 Å². The third-order valence-corrected chi connectivity index (χ3v) is 3.42. The van der Waals surface area contributed by atoms with Crippen LogP contribution in [0.5, 0.6) is 0 Å². The molecule has 1 aromatic heterocycles. The number of aromatic amines is 1. The lowest BCUT2D eigenvalue weighted by molar-refractivity contribution is -0.163. The normalized spacial score (nSPS) is 17.4. The minimum atomic E-state index is -4.39. The van der Waals surface area contributed by atoms with E-state index in [2.05, 4.69) is 10.3 Å². The Morgan fingerprint density at radius 2 is 1.95 bits per heavy atom. The van der Waals surface area contributed by atoms with Crippen LogP contribution in [-0.4, -0.2) is 22.6 Å². The van der Waals surface area contributed by atoms with E-state index in [0.29, 0.717) is 0 Å². The topological polar surface area (TPSA) is 44.9 Å². The van der Waals surface area contributed by atoms with Gasteiger partial charge >= 0.3 is 6.18 Å². The summed E-state index contributed by atoms with van der Waals surface area (Å²) in [6.45, 7) is 0. The quantitative estimate of drug-likeness (QED) is 0.864. The van der Waals surface area contributed by atoms with Crippen LogP contribution in [0.4, 0.5) is 13.2 Å². The molecular formula is C13H11F3N2O. The van der Waals surface area contributed by atoms with E-state index < -0.39 is 17.6 Å². The molecular weight excluding hydrogens is 257 g/mol. The van der Waals surface area contributed by atoms with Crippen LogP contribution in [0.2, 0.25) is 0 Å². The molecule has 2 N–H and O–H groups in total. The first-order valence-corrected chi connectivity index (χ1v) is 5.88. The maximum absolute atomic E-state index is 12.8. The number of fused-ring (bicyclic) bond motifs is 1. The summed E-state index contributed by atoms with van der Waals surface area (Å²) in [5, 5.41) is 2.89. The van der Waals surface area contributed by atoms with E-state index >= 15 is 0 Å². The highest BCUT2D eigenvalue weighted by Gasteiger charge is 2.64. The summed E-state index contributed by atoms with van der Waals surface area (Å²) < 4.78 is 38.3. The molecule has 0 saturated heterocycles. The zero-order chi connectivity index (χ0) is 13.7. The lowest BCUT2D eigenvalue weighted by Crippen LogP contribution is -2.47. The van der Waals surface area contributed by atoms with Gasteiger partial charge in [-0.1, -0.05) is 18.2 Å². The van der Waals surface area contributed by atoms with Gasteiger partial charge in [0.2, 0.25) is 0 Å². The Bertz CT molecular complexity index is 608. The molecule has 6 heteroatoms. The minimum Gasteiger partial charge on any atom is -0.351 e. The van der Waals surface area contributed by atoms with Crippen molar-refractivity contribution < 1.29 is 18.0 Å². The number of benzene rings is 1. The van der Waals surface area contributed by atoms with Crippen molar-refractivity contribution in [2.45, 2.75) is 24.6 Å². The van der Waals surface area contributed by atoms with Gasteiger partial charge < -0.3 is 10.3 Å². The molecule has 0 bridgehead atoms. The van der Waals surface area contributed by atoms with Gasteiger partial charge in [0.15, 0.2) is 0 Å². The summed E-state index contributed by atoms with van der Waals surface area (Å²) >= 11 is 0. The summed E-state index contributed by atoms with van der Waals surface area (Å²) in [6, 6.07) is 8.70. The molecule has 1 aliphatic rings. The predicted molar refractivity (Wildman–Crippen MR) is 63.8 cm³/mol. The standard InChI is InChI=1S/C13H11F3N2O/c14-13(15,16)12(5-6-12)18-11(19)10-7-8-3-1-2-4-9(8)17-10/h1-4,7,17H,5-6H2,(H,18,19). The summed E-state index contributed by atoms with van der Waals surface area (Å²) in [5.41, 5.74) is -1.15. The van der Waals surface area contributed by atoms with E-state index in [1.165, 1.54) is 0 Å². The van der Waals surface area contributed by atoms with Gasteiger partial charge in [-0.15, -0.1) is 0 Å². The number of alkyl halides is 3. The number of carbonyl (C=O) groups is 1. The summed E-state index contributed by atoms with van der Waals surface area (Å²) in [6.07, 6.45) is -4.50. The minimum absolute atomic E-state index is 0.0531. The number of aromatic nitrogens is 1. The van der Waals surface area contributed by atoms with Crippen molar-refractivity contribution in [1.29, 1.82) is 0 Å². The Hall–Kier alpha value is -1.98. The van der Waals surface area contributed by atoms with Crippen LogP contribution >= 0.6 is 0 Å². The van der Waals surface area contributed by atoms with Gasteiger partial charge in [-0.05, 0) is 25.0 Å². The third-order valence-electron chi connectivity index (χ3n) is 3.42. The number of rotatable bonds is 2. The number of hydrogen-bond acceptors (Lipinski definition) is 1. The predicted octanol–water partition coefficient (Wildman–Crippen LogP) is 2.99. The zero-order valence-electron chi connectivity index (χ0n) is 9.84. The van der Waals surface area contributed by atoms with Gasteiger partial charge in [-0.3, -0.25) is 4.79 Å². The monoisotopic (exact) mass is 268 g/mol. The Labute approximate surface area is 106 Å². The second-order valence-electron chi connectivity index (χ2n) is 4.80. The summed E-state index contributed by atoms with van der Waals surface area (Å²) in [5.74, 6) is -0.717. The van der Waals surface area contributed by atoms with E-state index in [9.17, 15) is 18.0 Å². The smallest absolute Gasteiger partial charge is 0.351 e. The Morgan fingerprint density at radius 1 is 1.26 bits per heavy atom. The van der Waals surface area contributed by atoms with E-state index in [-0.39, 0.29) is 18.5 Å². The number of H-pyrrole nitrogens is 1. The maximum atomic E-state index is 12.8. The Kier molecular flexibility index (Phi) is 2.39. The van der Waals surface area contributed by atoms with Crippen molar-refractivity contribution >= 4 is 16.8 Å². The SMILES string of the molecule is O=C(NC1(C(F)(F)F)CC1)c1cc2ccccc2[nH]1. The van der Waals surface area contributed by atoms with Crippen molar-refractivity contribution in [3.63, 3.8) is 0 Å². The van der Waals surface area contributed by atoms with Crippen LogP contribution < -0.4 is 5.32 Å². The number of para-hydroxylation sites is 1. The van der Waals surface area contributed by atoms with Crippen molar-refractivity contribution in [3.05, 3.63) is 36.0 Å². The molecule has 0 unspecified atom stereocenters. The molecule has 3 nitrogen and oxygen atoms in total. The third kappa shape index (κ3) is 1.97. The number of amides is 1.